The fourth-order valence-electron chi connectivity index (χ4n) is 2.47. The molecule has 0 N–H and O–H groups in total. The molecule has 0 aromatic carbocycles. The van der Waals surface area contributed by atoms with Crippen LogP contribution in [0, 0.1) is 0 Å². The van der Waals surface area contributed by atoms with Gasteiger partial charge in [-0.15, -0.1) is 11.3 Å². The van der Waals surface area contributed by atoms with E-state index in [9.17, 15) is 4.79 Å². The fraction of sp³-hybridized carbons (Fsp3) is 0.429. The van der Waals surface area contributed by atoms with E-state index in [1.54, 1.807) is 23.8 Å². The molecular formula is C14H17N5OS. The summed E-state index contributed by atoms with van der Waals surface area (Å²) in [7, 11) is 2.08. The Balaban J connectivity index is 1.78. The first-order valence-corrected chi connectivity index (χ1v) is 7.75. The topological polar surface area (TPSA) is 62.2 Å². The standard InChI is InChI=1S/C14H17N5OS/c1-10-8-18(2)6-7-19(10)14(20)11-9-21-13(17-11)12-15-4-3-5-16-12/h3-5,9-10H,6-8H2,1-2H3/t10-/m1/s1. The van der Waals surface area contributed by atoms with Crippen molar-refractivity contribution >= 4 is 17.2 Å². The maximum absolute atomic E-state index is 12.6. The van der Waals surface area contributed by atoms with Crippen LogP contribution in [0.4, 0.5) is 0 Å². The predicted octanol–water partition coefficient (Wildman–Crippen LogP) is 1.38. The second-order valence-electron chi connectivity index (χ2n) is 5.22. The van der Waals surface area contributed by atoms with Gasteiger partial charge in [0.2, 0.25) is 0 Å². The molecule has 0 radical (unpaired) electrons. The van der Waals surface area contributed by atoms with Gasteiger partial charge in [-0.3, -0.25) is 4.79 Å². The summed E-state index contributed by atoms with van der Waals surface area (Å²) in [5.41, 5.74) is 0.485. The Morgan fingerprint density at radius 3 is 2.81 bits per heavy atom. The van der Waals surface area contributed by atoms with Crippen LogP contribution in [0.3, 0.4) is 0 Å². The van der Waals surface area contributed by atoms with Crippen molar-refractivity contribution in [2.75, 3.05) is 26.7 Å². The molecule has 0 spiro atoms. The third kappa shape index (κ3) is 2.93. The van der Waals surface area contributed by atoms with E-state index in [0.29, 0.717) is 16.5 Å². The van der Waals surface area contributed by atoms with Gasteiger partial charge in [-0.05, 0) is 20.0 Å². The van der Waals surface area contributed by atoms with Gasteiger partial charge in [-0.2, -0.15) is 0 Å². The van der Waals surface area contributed by atoms with E-state index >= 15 is 0 Å². The van der Waals surface area contributed by atoms with Gasteiger partial charge in [0.1, 0.15) is 5.69 Å². The van der Waals surface area contributed by atoms with Gasteiger partial charge in [-0.25, -0.2) is 15.0 Å². The van der Waals surface area contributed by atoms with Gasteiger partial charge in [0.25, 0.3) is 5.91 Å². The molecule has 1 fully saturated rings. The fourth-order valence-corrected chi connectivity index (χ4v) is 3.21. The van der Waals surface area contributed by atoms with Crippen LogP contribution in [0.15, 0.2) is 23.8 Å². The van der Waals surface area contributed by atoms with E-state index in [1.165, 1.54) is 11.3 Å². The maximum atomic E-state index is 12.6. The number of hydrogen-bond donors (Lipinski definition) is 0. The second kappa shape index (κ2) is 5.87. The summed E-state index contributed by atoms with van der Waals surface area (Å²) in [6.07, 6.45) is 3.35. The van der Waals surface area contributed by atoms with Crippen LogP contribution in [0.5, 0.6) is 0 Å². The van der Waals surface area contributed by atoms with Crippen molar-refractivity contribution in [3.63, 3.8) is 0 Å². The van der Waals surface area contributed by atoms with Gasteiger partial charge in [0.15, 0.2) is 10.8 Å². The van der Waals surface area contributed by atoms with Crippen molar-refractivity contribution in [3.8, 4) is 10.8 Å². The molecule has 3 heterocycles. The molecule has 0 unspecified atom stereocenters. The van der Waals surface area contributed by atoms with Crippen LogP contribution < -0.4 is 0 Å². The molecule has 0 bridgehead atoms. The van der Waals surface area contributed by atoms with Crippen molar-refractivity contribution in [1.82, 2.24) is 24.8 Å². The van der Waals surface area contributed by atoms with Crippen molar-refractivity contribution in [2.45, 2.75) is 13.0 Å². The highest BCUT2D eigenvalue weighted by Gasteiger charge is 2.28. The lowest BCUT2D eigenvalue weighted by molar-refractivity contribution is 0.0528. The van der Waals surface area contributed by atoms with Crippen LogP contribution in [0.25, 0.3) is 10.8 Å². The number of hydrogen-bond acceptors (Lipinski definition) is 6. The average Bonchev–Trinajstić information content (AvgIpc) is 2.97. The molecule has 1 aliphatic rings. The Morgan fingerprint density at radius 1 is 1.33 bits per heavy atom. The molecular weight excluding hydrogens is 286 g/mol. The monoisotopic (exact) mass is 303 g/mol. The molecule has 6 nitrogen and oxygen atoms in total. The van der Waals surface area contributed by atoms with E-state index in [1.807, 2.05) is 4.90 Å². The Bertz CT molecular complexity index is 629. The highest BCUT2D eigenvalue weighted by molar-refractivity contribution is 7.13. The molecule has 1 atom stereocenters. The molecule has 110 valence electrons. The molecule has 1 saturated heterocycles. The molecule has 3 rings (SSSR count). The zero-order valence-corrected chi connectivity index (χ0v) is 12.9. The largest absolute Gasteiger partial charge is 0.332 e. The number of piperazine rings is 1. The Labute approximate surface area is 127 Å². The van der Waals surface area contributed by atoms with Crippen LogP contribution in [-0.4, -0.2) is 63.4 Å². The first-order chi connectivity index (χ1) is 10.1. The molecule has 0 aliphatic carbocycles. The Morgan fingerprint density at radius 2 is 2.10 bits per heavy atom. The van der Waals surface area contributed by atoms with E-state index in [0.717, 1.165) is 19.6 Å². The summed E-state index contributed by atoms with van der Waals surface area (Å²) >= 11 is 1.40. The van der Waals surface area contributed by atoms with E-state index in [2.05, 4.69) is 33.8 Å². The SMILES string of the molecule is C[C@@H]1CN(C)CCN1C(=O)c1csc(-c2ncccn2)n1. The number of aromatic nitrogens is 3. The number of carbonyl (C=O) groups is 1. The predicted molar refractivity (Wildman–Crippen MR) is 81.1 cm³/mol. The van der Waals surface area contributed by atoms with Crippen molar-refractivity contribution < 1.29 is 4.79 Å². The molecule has 1 amide bonds. The third-order valence-electron chi connectivity index (χ3n) is 3.57. The summed E-state index contributed by atoms with van der Waals surface area (Å²) in [6, 6.07) is 1.96. The number of amides is 1. The lowest BCUT2D eigenvalue weighted by Crippen LogP contribution is -2.52. The van der Waals surface area contributed by atoms with Crippen LogP contribution in [-0.2, 0) is 0 Å². The van der Waals surface area contributed by atoms with E-state index in [4.69, 9.17) is 0 Å². The zero-order chi connectivity index (χ0) is 14.8. The summed E-state index contributed by atoms with van der Waals surface area (Å²) < 4.78 is 0. The number of likely N-dealkylation sites (N-methyl/N-ethyl adjacent to an activating group) is 1. The van der Waals surface area contributed by atoms with Crippen LogP contribution >= 0.6 is 11.3 Å². The normalized spacial score (nSPS) is 19.7. The number of rotatable bonds is 2. The van der Waals surface area contributed by atoms with Crippen molar-refractivity contribution in [3.05, 3.63) is 29.5 Å². The molecule has 2 aromatic heterocycles. The highest BCUT2D eigenvalue weighted by Crippen LogP contribution is 2.21. The first-order valence-electron chi connectivity index (χ1n) is 6.87. The first kappa shape index (κ1) is 14.1. The molecule has 7 heteroatoms. The van der Waals surface area contributed by atoms with Gasteiger partial charge in [0, 0.05) is 43.4 Å². The van der Waals surface area contributed by atoms with Crippen molar-refractivity contribution in [1.29, 1.82) is 0 Å². The van der Waals surface area contributed by atoms with Crippen LogP contribution in [0.2, 0.25) is 0 Å². The summed E-state index contributed by atoms with van der Waals surface area (Å²) in [4.78, 5) is 29.4. The van der Waals surface area contributed by atoms with Gasteiger partial charge in [0.05, 0.1) is 0 Å². The van der Waals surface area contributed by atoms with Gasteiger partial charge < -0.3 is 9.80 Å². The molecule has 2 aromatic rings. The summed E-state index contributed by atoms with van der Waals surface area (Å²) in [5.74, 6) is 0.557. The smallest absolute Gasteiger partial charge is 0.273 e. The minimum atomic E-state index is -0.00553. The second-order valence-corrected chi connectivity index (χ2v) is 6.08. The van der Waals surface area contributed by atoms with Gasteiger partial charge in [-0.1, -0.05) is 0 Å². The van der Waals surface area contributed by atoms with E-state index in [-0.39, 0.29) is 11.9 Å². The third-order valence-corrected chi connectivity index (χ3v) is 4.41. The number of carbonyl (C=O) groups excluding carboxylic acids is 1. The van der Waals surface area contributed by atoms with Crippen molar-refractivity contribution in [2.24, 2.45) is 0 Å². The lowest BCUT2D eigenvalue weighted by Gasteiger charge is -2.37. The summed E-state index contributed by atoms with van der Waals surface area (Å²) in [6.45, 7) is 4.60. The average molecular weight is 303 g/mol. The molecule has 1 aliphatic heterocycles. The quantitative estimate of drug-likeness (QED) is 0.838. The number of thiazole rings is 1. The van der Waals surface area contributed by atoms with Gasteiger partial charge >= 0.3 is 0 Å². The number of nitrogens with zero attached hydrogens (tertiary/aromatic N) is 5. The molecule has 21 heavy (non-hydrogen) atoms. The minimum absolute atomic E-state index is 0.00553. The maximum Gasteiger partial charge on any atom is 0.273 e. The van der Waals surface area contributed by atoms with E-state index < -0.39 is 0 Å². The zero-order valence-electron chi connectivity index (χ0n) is 12.1. The van der Waals surface area contributed by atoms with Crippen LogP contribution in [0.1, 0.15) is 17.4 Å². The minimum Gasteiger partial charge on any atom is -0.332 e. The highest BCUT2D eigenvalue weighted by atomic mass is 32.1. The molecule has 0 saturated carbocycles. The Kier molecular flexibility index (Phi) is 3.94. The lowest BCUT2D eigenvalue weighted by atomic mass is 10.2. The Hall–Kier alpha value is -1.86. The summed E-state index contributed by atoms with van der Waals surface area (Å²) in [5, 5.41) is 2.47.